The second kappa shape index (κ2) is 7.59. The van der Waals surface area contributed by atoms with Crippen LogP contribution in [0.25, 0.3) is 5.65 Å². The Morgan fingerprint density at radius 3 is 2.62 bits per heavy atom. The van der Waals surface area contributed by atoms with Gasteiger partial charge in [-0.1, -0.05) is 19.9 Å². The molecule has 168 valence electrons. The van der Waals surface area contributed by atoms with Crippen molar-refractivity contribution < 1.29 is 9.59 Å². The highest BCUT2D eigenvalue weighted by molar-refractivity contribution is 6.04. The molecule has 1 aliphatic heterocycles. The second-order valence-corrected chi connectivity index (χ2v) is 10.1. The summed E-state index contributed by atoms with van der Waals surface area (Å²) < 4.78 is 2.15. The topological polar surface area (TPSA) is 73.7 Å². The zero-order valence-corrected chi connectivity index (χ0v) is 19.4. The van der Waals surface area contributed by atoms with E-state index < -0.39 is 0 Å². The van der Waals surface area contributed by atoms with Gasteiger partial charge in [0.2, 0.25) is 0 Å². The summed E-state index contributed by atoms with van der Waals surface area (Å²) >= 11 is 0. The number of Topliss-reactive ketones (excluding diaryl/α,β-unsaturated/α-hetero) is 1. The van der Waals surface area contributed by atoms with E-state index in [0.717, 1.165) is 54.2 Å². The van der Waals surface area contributed by atoms with E-state index in [0.29, 0.717) is 25.2 Å². The quantitative estimate of drug-likeness (QED) is 0.687. The van der Waals surface area contributed by atoms with Crippen LogP contribution in [0.4, 0.5) is 0 Å². The van der Waals surface area contributed by atoms with Crippen molar-refractivity contribution in [3.63, 3.8) is 0 Å². The molecule has 3 aromatic heterocycles. The van der Waals surface area contributed by atoms with Gasteiger partial charge in [0.05, 0.1) is 11.4 Å². The number of ketones is 1. The minimum Gasteiger partial charge on any atom is -0.354 e. The van der Waals surface area contributed by atoms with Crippen LogP contribution in [0.3, 0.4) is 0 Å². The van der Waals surface area contributed by atoms with Gasteiger partial charge in [0, 0.05) is 56.6 Å². The van der Waals surface area contributed by atoms with Crippen LogP contribution >= 0.6 is 0 Å². The van der Waals surface area contributed by atoms with E-state index in [1.54, 1.807) is 0 Å². The number of H-pyrrole nitrogens is 1. The molecule has 0 spiro atoms. The first-order valence-corrected chi connectivity index (χ1v) is 11.4. The van der Waals surface area contributed by atoms with Gasteiger partial charge in [0.1, 0.15) is 11.3 Å². The number of amides is 1. The third-order valence-electron chi connectivity index (χ3n) is 6.98. The molecule has 3 aromatic rings. The molecule has 1 aliphatic carbocycles. The zero-order valence-electron chi connectivity index (χ0n) is 19.4. The van der Waals surface area contributed by atoms with Gasteiger partial charge in [0.25, 0.3) is 5.91 Å². The predicted octanol–water partition coefficient (Wildman–Crippen LogP) is 3.39. The molecular formula is C25H31N5O2. The molecule has 7 nitrogen and oxygen atoms in total. The second-order valence-electron chi connectivity index (χ2n) is 10.1. The Bertz CT molecular complexity index is 1210. The Morgan fingerprint density at radius 1 is 1.12 bits per heavy atom. The van der Waals surface area contributed by atoms with Crippen molar-refractivity contribution in [2.24, 2.45) is 5.41 Å². The molecule has 0 saturated carbocycles. The van der Waals surface area contributed by atoms with Crippen LogP contribution in [0, 0.1) is 19.3 Å². The number of nitrogens with one attached hydrogen (secondary N) is 1. The van der Waals surface area contributed by atoms with Gasteiger partial charge >= 0.3 is 0 Å². The summed E-state index contributed by atoms with van der Waals surface area (Å²) in [5.74, 6) is 0.158. The fourth-order valence-electron chi connectivity index (χ4n) is 5.28. The lowest BCUT2D eigenvalue weighted by Gasteiger charge is -2.34. The lowest BCUT2D eigenvalue weighted by atomic mass is 9.75. The molecule has 1 N–H and O–H groups in total. The first-order valence-electron chi connectivity index (χ1n) is 11.4. The number of imidazole rings is 1. The summed E-state index contributed by atoms with van der Waals surface area (Å²) in [5, 5.41) is 0. The number of aromatic nitrogens is 3. The summed E-state index contributed by atoms with van der Waals surface area (Å²) in [4.78, 5) is 38.3. The molecule has 4 heterocycles. The van der Waals surface area contributed by atoms with Crippen LogP contribution in [-0.4, -0.2) is 62.0 Å². The van der Waals surface area contributed by atoms with Gasteiger partial charge < -0.3 is 14.3 Å². The molecule has 2 aliphatic rings. The van der Waals surface area contributed by atoms with Crippen molar-refractivity contribution in [2.45, 2.75) is 47.1 Å². The van der Waals surface area contributed by atoms with Gasteiger partial charge in [-0.25, -0.2) is 4.98 Å². The molecule has 0 radical (unpaired) electrons. The Balaban J connectivity index is 1.28. The molecule has 0 aromatic carbocycles. The normalized spacial score (nSPS) is 18.9. The number of carbonyl (C=O) groups excluding carboxylic acids is 2. The highest BCUT2D eigenvalue weighted by Gasteiger charge is 2.36. The van der Waals surface area contributed by atoms with Gasteiger partial charge in [-0.15, -0.1) is 0 Å². The standard InChI is InChI=1S/C25H31N5O2/c1-16-22-18(13-25(3,4)14-20(22)31)27-23(16)24(32)29-11-9-28(10-12-29)15-19-17(2)26-21-7-5-6-8-30(19)21/h5-8,27H,9-15H2,1-4H3. The highest BCUT2D eigenvalue weighted by Crippen LogP contribution is 2.37. The Morgan fingerprint density at radius 2 is 1.88 bits per heavy atom. The molecule has 0 atom stereocenters. The van der Waals surface area contributed by atoms with Gasteiger partial charge in [-0.3, -0.25) is 14.5 Å². The van der Waals surface area contributed by atoms with Gasteiger partial charge in [0.15, 0.2) is 5.78 Å². The SMILES string of the molecule is Cc1nc2ccccn2c1CN1CCN(C(=O)c2[nH]c3c(c2C)C(=O)CC(C)(C)C3)CC1. The third-order valence-corrected chi connectivity index (χ3v) is 6.98. The molecule has 0 bridgehead atoms. The summed E-state index contributed by atoms with van der Waals surface area (Å²) in [6.45, 7) is 12.0. The van der Waals surface area contributed by atoms with Crippen LogP contribution < -0.4 is 0 Å². The summed E-state index contributed by atoms with van der Waals surface area (Å²) in [7, 11) is 0. The van der Waals surface area contributed by atoms with Crippen LogP contribution in [0.2, 0.25) is 0 Å². The molecule has 1 saturated heterocycles. The van der Waals surface area contributed by atoms with Gasteiger partial charge in [-0.05, 0) is 43.4 Å². The van der Waals surface area contributed by atoms with Gasteiger partial charge in [-0.2, -0.15) is 0 Å². The minimum atomic E-state index is -0.0662. The van der Waals surface area contributed by atoms with E-state index in [1.165, 1.54) is 5.69 Å². The molecule has 32 heavy (non-hydrogen) atoms. The predicted molar refractivity (Wildman–Crippen MR) is 123 cm³/mol. The lowest BCUT2D eigenvalue weighted by Crippen LogP contribution is -2.48. The lowest BCUT2D eigenvalue weighted by molar-refractivity contribution is 0.0620. The van der Waals surface area contributed by atoms with E-state index in [4.69, 9.17) is 0 Å². The van der Waals surface area contributed by atoms with Crippen molar-refractivity contribution in [3.8, 4) is 0 Å². The number of carbonyl (C=O) groups is 2. The summed E-state index contributed by atoms with van der Waals surface area (Å²) in [6, 6.07) is 6.06. The van der Waals surface area contributed by atoms with Crippen LogP contribution in [0.1, 0.15) is 63.8 Å². The number of hydrogen-bond donors (Lipinski definition) is 1. The third kappa shape index (κ3) is 3.54. The molecule has 0 unspecified atom stereocenters. The van der Waals surface area contributed by atoms with Crippen molar-refractivity contribution in [2.75, 3.05) is 26.2 Å². The van der Waals surface area contributed by atoms with Crippen molar-refractivity contribution in [3.05, 3.63) is 58.3 Å². The molecular weight excluding hydrogens is 402 g/mol. The number of fused-ring (bicyclic) bond motifs is 2. The average Bonchev–Trinajstić information content (AvgIpc) is 3.23. The maximum Gasteiger partial charge on any atom is 0.270 e. The van der Waals surface area contributed by atoms with E-state index in [2.05, 4.69) is 46.2 Å². The summed E-state index contributed by atoms with van der Waals surface area (Å²) in [5.41, 5.74) is 6.23. The number of pyridine rings is 1. The fourth-order valence-corrected chi connectivity index (χ4v) is 5.28. The zero-order chi connectivity index (χ0) is 22.6. The molecule has 1 amide bonds. The minimum absolute atomic E-state index is 0.00754. The molecule has 1 fully saturated rings. The van der Waals surface area contributed by atoms with E-state index in [9.17, 15) is 9.59 Å². The summed E-state index contributed by atoms with van der Waals surface area (Å²) in [6.07, 6.45) is 3.39. The van der Waals surface area contributed by atoms with Crippen molar-refractivity contribution in [1.82, 2.24) is 24.2 Å². The Labute approximate surface area is 188 Å². The molecule has 5 rings (SSSR count). The monoisotopic (exact) mass is 433 g/mol. The largest absolute Gasteiger partial charge is 0.354 e. The van der Waals surface area contributed by atoms with E-state index in [1.807, 2.05) is 30.0 Å². The first kappa shape index (κ1) is 20.9. The van der Waals surface area contributed by atoms with Crippen LogP contribution in [0.15, 0.2) is 24.4 Å². The van der Waals surface area contributed by atoms with E-state index in [-0.39, 0.29) is 17.1 Å². The maximum absolute atomic E-state index is 13.3. The Kier molecular flexibility index (Phi) is 4.97. The number of piperazine rings is 1. The number of nitrogens with zero attached hydrogens (tertiary/aromatic N) is 4. The number of hydrogen-bond acceptors (Lipinski definition) is 4. The molecule has 7 heteroatoms. The number of aromatic amines is 1. The first-order chi connectivity index (χ1) is 15.2. The van der Waals surface area contributed by atoms with E-state index >= 15 is 0 Å². The Hall–Kier alpha value is -2.93. The van der Waals surface area contributed by atoms with Crippen molar-refractivity contribution in [1.29, 1.82) is 0 Å². The van der Waals surface area contributed by atoms with Crippen LogP contribution in [0.5, 0.6) is 0 Å². The highest BCUT2D eigenvalue weighted by atomic mass is 16.2. The fraction of sp³-hybridized carbons (Fsp3) is 0.480. The smallest absolute Gasteiger partial charge is 0.270 e. The average molecular weight is 434 g/mol. The van der Waals surface area contributed by atoms with Crippen molar-refractivity contribution >= 4 is 17.3 Å². The number of rotatable bonds is 3. The van der Waals surface area contributed by atoms with Crippen LogP contribution in [-0.2, 0) is 13.0 Å². The maximum atomic E-state index is 13.3. The number of aryl methyl sites for hydroxylation is 1.